The fourth-order valence-corrected chi connectivity index (χ4v) is 6.64. The van der Waals surface area contributed by atoms with Crippen molar-refractivity contribution in [2.75, 3.05) is 36.0 Å². The van der Waals surface area contributed by atoms with Crippen molar-refractivity contribution in [3.8, 4) is 0 Å². The molecule has 2 amide bonds. The molecule has 0 aromatic heterocycles. The molecule has 3 aliphatic rings. The fourth-order valence-electron chi connectivity index (χ4n) is 6.48. The van der Waals surface area contributed by atoms with Gasteiger partial charge in [0.15, 0.2) is 0 Å². The number of benzene rings is 4. The molecule has 3 aliphatic heterocycles. The van der Waals surface area contributed by atoms with E-state index in [0.29, 0.717) is 40.5 Å². The van der Waals surface area contributed by atoms with Crippen LogP contribution in [0.4, 0.5) is 15.8 Å². The number of piperidine rings is 1. The summed E-state index contributed by atoms with van der Waals surface area (Å²) in [6, 6.07) is 21.3. The number of anilines is 2. The Labute approximate surface area is 256 Å². The Morgan fingerprint density at radius 3 is 2.44 bits per heavy atom. The van der Waals surface area contributed by atoms with Gasteiger partial charge in [-0.25, -0.2) is 4.39 Å². The van der Waals surface area contributed by atoms with Gasteiger partial charge in [0.1, 0.15) is 11.8 Å². The highest BCUT2D eigenvalue weighted by molar-refractivity contribution is 6.30. The third-order valence-corrected chi connectivity index (χ3v) is 8.95. The largest absolute Gasteiger partial charge is 0.367 e. The van der Waals surface area contributed by atoms with Crippen molar-refractivity contribution in [2.24, 2.45) is 0 Å². The summed E-state index contributed by atoms with van der Waals surface area (Å²) in [5, 5.41) is 4.84. The molecule has 2 saturated heterocycles. The summed E-state index contributed by atoms with van der Waals surface area (Å²) in [6.45, 7) is 7.84. The highest BCUT2D eigenvalue weighted by Gasteiger charge is 2.40. The predicted octanol–water partition coefficient (Wildman–Crippen LogP) is 6.30. The zero-order valence-electron chi connectivity index (χ0n) is 24.7. The molecule has 1 N–H and O–H groups in total. The van der Waals surface area contributed by atoms with Crippen molar-refractivity contribution >= 4 is 45.6 Å². The van der Waals surface area contributed by atoms with Crippen molar-refractivity contribution in [2.45, 2.75) is 31.8 Å². The number of carbonyl (C=O) groups excluding carboxylic acids is 2. The van der Waals surface area contributed by atoms with Crippen LogP contribution in [0.1, 0.15) is 41.3 Å². The van der Waals surface area contributed by atoms with Crippen LogP contribution in [-0.4, -0.2) is 48.9 Å². The van der Waals surface area contributed by atoms with E-state index in [1.807, 2.05) is 24.3 Å². The molecule has 7 rings (SSSR count). The van der Waals surface area contributed by atoms with Crippen LogP contribution in [0.5, 0.6) is 0 Å². The average molecular weight is 596 g/mol. The molecule has 1 unspecified atom stereocenters. The maximum atomic E-state index is 14.4. The smallest absolute Gasteiger partial charge is 0.259 e. The van der Waals surface area contributed by atoms with Gasteiger partial charge >= 0.3 is 0 Å². The van der Waals surface area contributed by atoms with Crippen molar-refractivity contribution in [1.82, 2.24) is 10.2 Å². The van der Waals surface area contributed by atoms with E-state index in [0.717, 1.165) is 54.6 Å². The predicted molar refractivity (Wildman–Crippen MR) is 169 cm³/mol. The third-order valence-electron chi connectivity index (χ3n) is 8.72. The molecule has 8 heteroatoms. The van der Waals surface area contributed by atoms with E-state index in [4.69, 9.17) is 13.0 Å². The van der Waals surface area contributed by atoms with Gasteiger partial charge in [-0.15, -0.1) is 0 Å². The van der Waals surface area contributed by atoms with Gasteiger partial charge in [0.2, 0.25) is 5.91 Å². The molecule has 2 fully saturated rings. The summed E-state index contributed by atoms with van der Waals surface area (Å²) in [5.41, 5.74) is 5.76. The quantitative estimate of drug-likeness (QED) is 0.284. The number of piperazine rings is 1. The van der Waals surface area contributed by atoms with Gasteiger partial charge in [-0.2, -0.15) is 0 Å². The SMILES string of the molecule is [2H]C1(N2C(=O)c3cccc4c(Cc5ccc(CN6CCN(c7ccc(Cl)cc7F)CC6)cc5)ccc2c34)CCC(=C)NC1=O. The van der Waals surface area contributed by atoms with Crippen LogP contribution in [0.2, 0.25) is 5.02 Å². The Morgan fingerprint density at radius 2 is 1.70 bits per heavy atom. The normalized spacial score (nSPS) is 21.0. The first-order valence-electron chi connectivity index (χ1n) is 15.1. The van der Waals surface area contributed by atoms with Gasteiger partial charge in [0.25, 0.3) is 5.91 Å². The van der Waals surface area contributed by atoms with E-state index in [2.05, 4.69) is 46.0 Å². The number of hydrogen-bond donors (Lipinski definition) is 1. The van der Waals surface area contributed by atoms with E-state index in [9.17, 15) is 14.0 Å². The van der Waals surface area contributed by atoms with E-state index >= 15 is 0 Å². The van der Waals surface area contributed by atoms with Gasteiger partial charge in [-0.3, -0.25) is 19.4 Å². The Hall–Kier alpha value is -4.20. The lowest BCUT2D eigenvalue weighted by molar-refractivity contribution is -0.122. The van der Waals surface area contributed by atoms with Crippen LogP contribution in [0, 0.1) is 5.82 Å². The highest BCUT2D eigenvalue weighted by Crippen LogP contribution is 2.41. The second kappa shape index (κ2) is 11.1. The summed E-state index contributed by atoms with van der Waals surface area (Å²) in [7, 11) is 0. The standard InChI is InChI=1S/C35H32ClFN4O2/c1-22-5-12-32(34(42)38-22)41-31-13-10-25(27-3-2-4-28(33(27)31)35(41)43)19-23-6-8-24(9-7-23)21-39-15-17-40(18-16-39)30-14-11-26(36)20-29(30)37/h2-4,6-11,13-14,20,32H,1,5,12,15-19,21H2,(H,38,42)/i32D. The first-order chi connectivity index (χ1) is 21.2. The number of nitrogens with one attached hydrogen (secondary N) is 1. The summed E-state index contributed by atoms with van der Waals surface area (Å²) in [5.74, 6) is -1.12. The first-order valence-corrected chi connectivity index (χ1v) is 15.0. The fraction of sp³-hybridized carbons (Fsp3) is 0.257. The molecule has 4 aromatic rings. The lowest BCUT2D eigenvalue weighted by Crippen LogP contribution is -2.51. The van der Waals surface area contributed by atoms with Crippen LogP contribution in [-0.2, 0) is 17.8 Å². The molecule has 0 aliphatic carbocycles. The first kappa shape index (κ1) is 26.4. The average Bonchev–Trinajstić information content (AvgIpc) is 3.31. The van der Waals surface area contributed by atoms with Crippen LogP contribution >= 0.6 is 11.6 Å². The minimum absolute atomic E-state index is 0.198. The zero-order chi connectivity index (χ0) is 30.6. The monoisotopic (exact) mass is 595 g/mol. The second-order valence-corrected chi connectivity index (χ2v) is 11.9. The maximum absolute atomic E-state index is 14.4. The van der Waals surface area contributed by atoms with Crippen LogP contribution in [0.3, 0.4) is 0 Å². The van der Waals surface area contributed by atoms with Gasteiger partial charge in [0, 0.05) is 54.4 Å². The Morgan fingerprint density at radius 1 is 0.953 bits per heavy atom. The minimum Gasteiger partial charge on any atom is -0.367 e. The third kappa shape index (κ3) is 5.17. The van der Waals surface area contributed by atoms with E-state index in [1.54, 1.807) is 18.2 Å². The van der Waals surface area contributed by atoms with Crippen molar-refractivity contribution in [3.63, 3.8) is 0 Å². The van der Waals surface area contributed by atoms with Crippen molar-refractivity contribution < 1.29 is 15.4 Å². The van der Waals surface area contributed by atoms with Crippen LogP contribution < -0.4 is 15.1 Å². The molecular formula is C35H32ClFN4O2. The van der Waals surface area contributed by atoms with Gasteiger partial charge < -0.3 is 10.2 Å². The van der Waals surface area contributed by atoms with Crippen LogP contribution in [0.15, 0.2) is 85.1 Å². The molecule has 218 valence electrons. The maximum Gasteiger partial charge on any atom is 0.259 e. The number of halogens is 2. The molecule has 0 radical (unpaired) electrons. The van der Waals surface area contributed by atoms with E-state index in [1.165, 1.54) is 16.5 Å². The minimum atomic E-state index is -1.72. The van der Waals surface area contributed by atoms with Crippen molar-refractivity contribution in [3.05, 3.63) is 118 Å². The molecular weight excluding hydrogens is 563 g/mol. The summed E-state index contributed by atoms with van der Waals surface area (Å²) < 4.78 is 23.4. The Balaban J connectivity index is 1.05. The zero-order valence-corrected chi connectivity index (χ0v) is 24.5. The number of carbonyl (C=O) groups is 2. The van der Waals surface area contributed by atoms with Gasteiger partial charge in [0.05, 0.1) is 12.7 Å². The van der Waals surface area contributed by atoms with Crippen LogP contribution in [0.25, 0.3) is 10.8 Å². The molecule has 6 nitrogen and oxygen atoms in total. The summed E-state index contributed by atoms with van der Waals surface area (Å²) in [6.07, 6.45) is 1.34. The molecule has 43 heavy (non-hydrogen) atoms. The molecule has 0 bridgehead atoms. The Kier molecular flexibility index (Phi) is 6.84. The number of amides is 2. The molecule has 0 saturated carbocycles. The van der Waals surface area contributed by atoms with Gasteiger partial charge in [-0.1, -0.05) is 60.6 Å². The lowest BCUT2D eigenvalue weighted by Gasteiger charge is -2.36. The number of allylic oxidation sites excluding steroid dienone is 1. The lowest BCUT2D eigenvalue weighted by atomic mass is 9.95. The summed E-state index contributed by atoms with van der Waals surface area (Å²) in [4.78, 5) is 32.3. The second-order valence-electron chi connectivity index (χ2n) is 11.5. The van der Waals surface area contributed by atoms with E-state index in [-0.39, 0.29) is 18.1 Å². The number of nitrogens with zero attached hydrogens (tertiary/aromatic N) is 3. The van der Waals surface area contributed by atoms with Crippen molar-refractivity contribution in [1.29, 1.82) is 0 Å². The number of hydrogen-bond acceptors (Lipinski definition) is 4. The highest BCUT2D eigenvalue weighted by atomic mass is 35.5. The van der Waals surface area contributed by atoms with Gasteiger partial charge in [-0.05, 0) is 71.7 Å². The molecule has 3 heterocycles. The topological polar surface area (TPSA) is 55.9 Å². The molecule has 0 spiro atoms. The molecule has 4 aromatic carbocycles. The Bertz CT molecular complexity index is 1820. The summed E-state index contributed by atoms with van der Waals surface area (Å²) >= 11 is 5.91. The number of rotatable bonds is 6. The molecule has 1 atom stereocenters. The van der Waals surface area contributed by atoms with E-state index < -0.39 is 11.9 Å².